The number of rotatable bonds is 4. The van der Waals surface area contributed by atoms with Gasteiger partial charge in [-0.1, -0.05) is 52.9 Å². The standard InChI is InChI=1S/C13H26/c1-4-9-13(12(3)5-2)10-7-6-8-11-13/h12H,4-11H2,1-3H3. The fourth-order valence-electron chi connectivity index (χ4n) is 3.18. The van der Waals surface area contributed by atoms with E-state index >= 15 is 0 Å². The van der Waals surface area contributed by atoms with Crippen molar-refractivity contribution in [3.63, 3.8) is 0 Å². The summed E-state index contributed by atoms with van der Waals surface area (Å²) in [4.78, 5) is 0. The van der Waals surface area contributed by atoms with Crippen LogP contribution in [0.2, 0.25) is 0 Å². The van der Waals surface area contributed by atoms with Crippen LogP contribution in [0.25, 0.3) is 0 Å². The van der Waals surface area contributed by atoms with E-state index in [0.29, 0.717) is 0 Å². The second-order valence-electron chi connectivity index (χ2n) is 4.98. The average Bonchev–Trinajstić information content (AvgIpc) is 2.18. The maximum absolute atomic E-state index is 2.47. The molecule has 1 aliphatic rings. The van der Waals surface area contributed by atoms with Gasteiger partial charge >= 0.3 is 0 Å². The van der Waals surface area contributed by atoms with Crippen LogP contribution in [0, 0.1) is 11.3 Å². The molecule has 1 aliphatic carbocycles. The maximum atomic E-state index is 2.47. The monoisotopic (exact) mass is 182 g/mol. The van der Waals surface area contributed by atoms with Crippen LogP contribution < -0.4 is 0 Å². The molecule has 78 valence electrons. The molecule has 0 N–H and O–H groups in total. The van der Waals surface area contributed by atoms with Gasteiger partial charge in [-0.3, -0.25) is 0 Å². The van der Waals surface area contributed by atoms with Gasteiger partial charge in [0.05, 0.1) is 0 Å². The van der Waals surface area contributed by atoms with Gasteiger partial charge in [-0.05, 0) is 30.6 Å². The number of hydrogen-bond acceptors (Lipinski definition) is 0. The van der Waals surface area contributed by atoms with Crippen LogP contribution in [0.4, 0.5) is 0 Å². The van der Waals surface area contributed by atoms with Crippen LogP contribution in [-0.2, 0) is 0 Å². The van der Waals surface area contributed by atoms with Crippen molar-refractivity contribution in [1.82, 2.24) is 0 Å². The molecule has 13 heavy (non-hydrogen) atoms. The smallest absolute Gasteiger partial charge is 0.0272 e. The highest BCUT2D eigenvalue weighted by atomic mass is 14.4. The molecule has 0 amide bonds. The molecule has 1 saturated carbocycles. The maximum Gasteiger partial charge on any atom is -0.0272 e. The molecular formula is C13H26. The minimum atomic E-state index is 0.738. The first kappa shape index (κ1) is 11.1. The van der Waals surface area contributed by atoms with E-state index in [1.165, 1.54) is 51.4 Å². The van der Waals surface area contributed by atoms with Crippen molar-refractivity contribution < 1.29 is 0 Å². The summed E-state index contributed by atoms with van der Waals surface area (Å²) in [7, 11) is 0. The molecule has 0 aromatic heterocycles. The van der Waals surface area contributed by atoms with Crippen molar-refractivity contribution in [2.45, 2.75) is 72.1 Å². The van der Waals surface area contributed by atoms with Crippen molar-refractivity contribution >= 4 is 0 Å². The van der Waals surface area contributed by atoms with Crippen LogP contribution in [-0.4, -0.2) is 0 Å². The van der Waals surface area contributed by atoms with Gasteiger partial charge in [0.1, 0.15) is 0 Å². The van der Waals surface area contributed by atoms with Gasteiger partial charge in [0, 0.05) is 0 Å². The molecule has 0 heteroatoms. The second-order valence-corrected chi connectivity index (χ2v) is 4.98. The lowest BCUT2D eigenvalue weighted by Crippen LogP contribution is -2.31. The van der Waals surface area contributed by atoms with E-state index in [2.05, 4.69) is 20.8 Å². The van der Waals surface area contributed by atoms with Gasteiger partial charge < -0.3 is 0 Å². The summed E-state index contributed by atoms with van der Waals surface area (Å²) in [5.74, 6) is 0.952. The predicted molar refractivity (Wildman–Crippen MR) is 59.9 cm³/mol. The fourth-order valence-corrected chi connectivity index (χ4v) is 3.18. The quantitative estimate of drug-likeness (QED) is 0.587. The summed E-state index contributed by atoms with van der Waals surface area (Å²) in [6.07, 6.45) is 11.7. The van der Waals surface area contributed by atoms with Crippen molar-refractivity contribution in [2.24, 2.45) is 11.3 Å². The van der Waals surface area contributed by atoms with Crippen molar-refractivity contribution in [2.75, 3.05) is 0 Å². The highest BCUT2D eigenvalue weighted by Crippen LogP contribution is 2.47. The molecule has 0 heterocycles. The predicted octanol–water partition coefficient (Wildman–Crippen LogP) is 4.78. The van der Waals surface area contributed by atoms with E-state index in [-0.39, 0.29) is 0 Å². The summed E-state index contributed by atoms with van der Waals surface area (Å²) in [5.41, 5.74) is 0.738. The zero-order valence-electron chi connectivity index (χ0n) is 9.73. The molecule has 0 nitrogen and oxygen atoms in total. The van der Waals surface area contributed by atoms with E-state index in [4.69, 9.17) is 0 Å². The van der Waals surface area contributed by atoms with Crippen molar-refractivity contribution in [1.29, 1.82) is 0 Å². The molecule has 0 aromatic carbocycles. The first-order valence-electron chi connectivity index (χ1n) is 6.25. The average molecular weight is 182 g/mol. The summed E-state index contributed by atoms with van der Waals surface area (Å²) < 4.78 is 0. The first-order valence-corrected chi connectivity index (χ1v) is 6.25. The summed E-state index contributed by atoms with van der Waals surface area (Å²) >= 11 is 0. The molecule has 0 aromatic rings. The molecule has 1 atom stereocenters. The summed E-state index contributed by atoms with van der Waals surface area (Å²) in [6, 6.07) is 0. The molecule has 0 bridgehead atoms. The topological polar surface area (TPSA) is 0 Å². The van der Waals surface area contributed by atoms with Gasteiger partial charge in [-0.25, -0.2) is 0 Å². The van der Waals surface area contributed by atoms with Crippen LogP contribution >= 0.6 is 0 Å². The third kappa shape index (κ3) is 2.48. The fraction of sp³-hybridized carbons (Fsp3) is 1.00. The lowest BCUT2D eigenvalue weighted by molar-refractivity contribution is 0.0906. The zero-order valence-corrected chi connectivity index (χ0v) is 9.73. The molecule has 0 saturated heterocycles. The molecular weight excluding hydrogens is 156 g/mol. The normalized spacial score (nSPS) is 24.2. The van der Waals surface area contributed by atoms with Gasteiger partial charge in [-0.15, -0.1) is 0 Å². The zero-order chi connectivity index (χ0) is 9.73. The van der Waals surface area contributed by atoms with Crippen LogP contribution in [0.15, 0.2) is 0 Å². The summed E-state index contributed by atoms with van der Waals surface area (Å²) in [6.45, 7) is 7.18. The first-order chi connectivity index (χ1) is 6.25. The van der Waals surface area contributed by atoms with E-state index in [0.717, 1.165) is 11.3 Å². The third-order valence-electron chi connectivity index (χ3n) is 4.25. The Morgan fingerprint density at radius 2 is 1.69 bits per heavy atom. The lowest BCUT2D eigenvalue weighted by Gasteiger charge is -2.42. The van der Waals surface area contributed by atoms with E-state index in [9.17, 15) is 0 Å². The van der Waals surface area contributed by atoms with E-state index < -0.39 is 0 Å². The van der Waals surface area contributed by atoms with Gasteiger partial charge in [0.25, 0.3) is 0 Å². The van der Waals surface area contributed by atoms with Gasteiger partial charge in [0.2, 0.25) is 0 Å². The Bertz CT molecular complexity index is 125. The minimum absolute atomic E-state index is 0.738. The van der Waals surface area contributed by atoms with Crippen molar-refractivity contribution in [3.8, 4) is 0 Å². The van der Waals surface area contributed by atoms with Crippen LogP contribution in [0.5, 0.6) is 0 Å². The Kier molecular flexibility index (Phi) is 4.28. The Balaban J connectivity index is 2.60. The van der Waals surface area contributed by atoms with E-state index in [1.807, 2.05) is 0 Å². The summed E-state index contributed by atoms with van der Waals surface area (Å²) in [5, 5.41) is 0. The Morgan fingerprint density at radius 1 is 1.08 bits per heavy atom. The largest absolute Gasteiger partial charge is 0.0654 e. The van der Waals surface area contributed by atoms with E-state index in [1.54, 1.807) is 0 Å². The van der Waals surface area contributed by atoms with Crippen LogP contribution in [0.3, 0.4) is 0 Å². The highest BCUT2D eigenvalue weighted by Gasteiger charge is 2.35. The lowest BCUT2D eigenvalue weighted by atomic mass is 9.63. The molecule has 0 aliphatic heterocycles. The molecule has 1 unspecified atom stereocenters. The molecule has 0 spiro atoms. The number of hydrogen-bond donors (Lipinski definition) is 0. The highest BCUT2D eigenvalue weighted by molar-refractivity contribution is 4.86. The minimum Gasteiger partial charge on any atom is -0.0654 e. The second kappa shape index (κ2) is 5.02. The Hall–Kier alpha value is 0. The van der Waals surface area contributed by atoms with Crippen LogP contribution in [0.1, 0.15) is 72.1 Å². The molecule has 0 radical (unpaired) electrons. The molecule has 1 rings (SSSR count). The Labute approximate surface area is 84.1 Å². The SMILES string of the molecule is CCCC1(C(C)CC)CCCCC1. The molecule has 1 fully saturated rings. The third-order valence-corrected chi connectivity index (χ3v) is 4.25. The Morgan fingerprint density at radius 3 is 2.15 bits per heavy atom. The van der Waals surface area contributed by atoms with Gasteiger partial charge in [0.15, 0.2) is 0 Å². The van der Waals surface area contributed by atoms with Crippen molar-refractivity contribution in [3.05, 3.63) is 0 Å². The van der Waals surface area contributed by atoms with Gasteiger partial charge in [-0.2, -0.15) is 0 Å².